The number of likely N-dealkylation sites (tertiary alicyclic amines) is 8. The van der Waals surface area contributed by atoms with E-state index in [9.17, 15) is 4.39 Å². The fourth-order valence-corrected chi connectivity index (χ4v) is 8.83. The van der Waals surface area contributed by atoms with Crippen molar-refractivity contribution in [2.75, 3.05) is 164 Å². The van der Waals surface area contributed by atoms with Crippen LogP contribution in [0.25, 0.3) is 0 Å². The molecule has 18 heteroatoms. The predicted octanol–water partition coefficient (Wildman–Crippen LogP) is 0.938. The maximum absolute atomic E-state index is 11.5. The van der Waals surface area contributed by atoms with E-state index in [4.69, 9.17) is 51.1 Å². The quantitative estimate of drug-likeness (QED) is 0.0624. The zero-order chi connectivity index (χ0) is 51.4. The fraction of sp³-hybridized carbons (Fsp3) is 0.980. The zero-order valence-corrected chi connectivity index (χ0v) is 45.6. The Bertz CT molecular complexity index is 1100. The van der Waals surface area contributed by atoms with E-state index in [1.54, 1.807) is 0 Å². The van der Waals surface area contributed by atoms with Gasteiger partial charge in [-0.15, -0.1) is 0 Å². The SMILES string of the molecule is CCCCCN1CC(N)C1.CCCCCN1CC(N)C1.CCCCN1CC(N)C1.CCCCN1CC(N)C1.CCCN1CC(N)C1.CCN1CC(N)C1.N#CCN1CC(N)C1.NC1CN(CCF)C1. The van der Waals surface area contributed by atoms with Gasteiger partial charge in [-0.2, -0.15) is 5.26 Å². The molecule has 69 heavy (non-hydrogen) atoms. The highest BCUT2D eigenvalue weighted by atomic mass is 19.1. The summed E-state index contributed by atoms with van der Waals surface area (Å²) in [7, 11) is 0. The summed E-state index contributed by atoms with van der Waals surface area (Å²) in [5.41, 5.74) is 44.4. The first kappa shape index (κ1) is 65.8. The van der Waals surface area contributed by atoms with Gasteiger partial charge in [0.15, 0.2) is 0 Å². The van der Waals surface area contributed by atoms with Crippen molar-refractivity contribution in [1.82, 2.24) is 39.2 Å². The Kier molecular flexibility index (Phi) is 39.3. The minimum absolute atomic E-state index is 0.243. The number of nitrogens with zero attached hydrogens (tertiary/aromatic N) is 9. The molecule has 0 atom stereocenters. The standard InChI is InChI=1S/2C8H18N2.2C7H16N2.C6H14N2.C5H11FN2.C5H9N3.C5H12N2/c2*1-2-3-4-5-10-6-8(9)7-10;2*1-2-3-4-9-5-7(8)6-9;1-2-3-8-4-6(7)5-8;2*6-1-2-8-3-5(7)4-8;1-2-7-3-5(6)4-7/h2*8H,2-7,9H2,1H3;2*7H,2-6,8H2,1H3;6H,2-5,7H2,1H3;5H,1-4,7H2;5H,2-4,7H2;5H,2-4,6H2,1H3. The topological polar surface area (TPSA) is 258 Å². The van der Waals surface area contributed by atoms with Crippen molar-refractivity contribution in [1.29, 1.82) is 5.26 Å². The molecule has 0 aromatic rings. The molecule has 8 rings (SSSR count). The Balaban J connectivity index is 0.000000395. The van der Waals surface area contributed by atoms with Crippen molar-refractivity contribution in [3.05, 3.63) is 0 Å². The molecule has 0 saturated carbocycles. The average molecular weight is 985 g/mol. The molecule has 0 amide bonds. The summed E-state index contributed by atoms with van der Waals surface area (Å²) >= 11 is 0. The fourth-order valence-electron chi connectivity index (χ4n) is 8.83. The van der Waals surface area contributed by atoms with Crippen molar-refractivity contribution in [3.63, 3.8) is 0 Å². The molecule has 0 radical (unpaired) electrons. The van der Waals surface area contributed by atoms with Gasteiger partial charge in [-0.25, -0.2) is 4.39 Å². The van der Waals surface area contributed by atoms with E-state index in [1.807, 2.05) is 9.80 Å². The third-order valence-electron chi connectivity index (χ3n) is 13.4. The lowest BCUT2D eigenvalue weighted by Gasteiger charge is -2.36. The van der Waals surface area contributed by atoms with Gasteiger partial charge in [0.1, 0.15) is 6.67 Å². The van der Waals surface area contributed by atoms with Crippen LogP contribution in [0.5, 0.6) is 0 Å². The highest BCUT2D eigenvalue weighted by molar-refractivity contribution is 4.89. The summed E-state index contributed by atoms with van der Waals surface area (Å²) in [6.45, 7) is 38.6. The Morgan fingerprint density at radius 2 is 0.580 bits per heavy atom. The first-order chi connectivity index (χ1) is 33.1. The normalized spacial score (nSPS) is 22.3. The second-order valence-corrected chi connectivity index (χ2v) is 21.2. The molecule has 17 nitrogen and oxygen atoms in total. The molecular weight excluding hydrogens is 870 g/mol. The Labute approximate surface area is 423 Å². The van der Waals surface area contributed by atoms with Gasteiger partial charge in [0, 0.05) is 160 Å². The first-order valence-corrected chi connectivity index (χ1v) is 27.9. The molecular formula is C51H114FN17. The van der Waals surface area contributed by atoms with Gasteiger partial charge in [0.2, 0.25) is 0 Å². The summed E-state index contributed by atoms with van der Waals surface area (Å²) in [4.78, 5) is 18.4. The first-order valence-electron chi connectivity index (χ1n) is 27.9. The van der Waals surface area contributed by atoms with Crippen LogP contribution in [0.2, 0.25) is 0 Å². The van der Waals surface area contributed by atoms with E-state index in [2.05, 4.69) is 77.0 Å². The van der Waals surface area contributed by atoms with Crippen molar-refractivity contribution in [2.24, 2.45) is 45.9 Å². The summed E-state index contributed by atoms with van der Waals surface area (Å²) in [5, 5.41) is 8.16. The molecule has 8 aliphatic rings. The second-order valence-electron chi connectivity index (χ2n) is 21.2. The van der Waals surface area contributed by atoms with E-state index in [0.29, 0.717) is 61.4 Å². The van der Waals surface area contributed by atoms with Crippen LogP contribution < -0.4 is 45.9 Å². The van der Waals surface area contributed by atoms with Crippen molar-refractivity contribution in [3.8, 4) is 6.07 Å². The van der Waals surface area contributed by atoms with Gasteiger partial charge in [-0.1, -0.05) is 80.1 Å². The molecule has 0 aliphatic carbocycles. The summed E-state index contributed by atoms with van der Waals surface area (Å²) in [5.74, 6) is 0. The van der Waals surface area contributed by atoms with Crippen molar-refractivity contribution in [2.45, 2.75) is 161 Å². The Morgan fingerprint density at radius 3 is 0.797 bits per heavy atom. The smallest absolute Gasteiger partial charge is 0.102 e. The summed E-state index contributed by atoms with van der Waals surface area (Å²) in [6.07, 6.45) is 14.6. The minimum atomic E-state index is -0.243. The lowest BCUT2D eigenvalue weighted by Crippen LogP contribution is -2.56. The zero-order valence-electron chi connectivity index (χ0n) is 45.6. The lowest BCUT2D eigenvalue weighted by molar-refractivity contribution is 0.140. The highest BCUT2D eigenvalue weighted by Crippen LogP contribution is 2.10. The molecule has 0 bridgehead atoms. The lowest BCUT2D eigenvalue weighted by atomic mass is 10.1. The Morgan fingerprint density at radius 1 is 0.333 bits per heavy atom. The third-order valence-corrected chi connectivity index (χ3v) is 13.4. The maximum Gasteiger partial charge on any atom is 0.102 e. The van der Waals surface area contributed by atoms with E-state index in [1.165, 1.54) is 103 Å². The van der Waals surface area contributed by atoms with E-state index >= 15 is 0 Å². The number of alkyl halides is 1. The van der Waals surface area contributed by atoms with Crippen LogP contribution in [-0.4, -0.2) is 251 Å². The summed E-state index contributed by atoms with van der Waals surface area (Å²) in [6, 6.07) is 5.53. The molecule has 8 saturated heterocycles. The molecule has 8 fully saturated rings. The van der Waals surface area contributed by atoms with E-state index in [-0.39, 0.29) is 6.67 Å². The Hall–Kier alpha value is -1.22. The predicted molar refractivity (Wildman–Crippen MR) is 292 cm³/mol. The van der Waals surface area contributed by atoms with Crippen LogP contribution >= 0.6 is 0 Å². The molecule has 16 N–H and O–H groups in total. The number of unbranched alkanes of at least 4 members (excludes halogenated alkanes) is 6. The average Bonchev–Trinajstić information content (AvgIpc) is 3.24. The maximum atomic E-state index is 11.5. The molecule has 0 aromatic heterocycles. The number of rotatable bonds is 20. The highest BCUT2D eigenvalue weighted by Gasteiger charge is 2.25. The van der Waals surface area contributed by atoms with E-state index in [0.717, 1.165) is 111 Å². The number of nitriles is 1. The van der Waals surface area contributed by atoms with Gasteiger partial charge in [0.25, 0.3) is 0 Å². The van der Waals surface area contributed by atoms with Crippen LogP contribution in [0.4, 0.5) is 4.39 Å². The number of hydrogen-bond acceptors (Lipinski definition) is 17. The molecule has 8 aliphatic heterocycles. The number of halogens is 1. The second kappa shape index (κ2) is 41.2. The van der Waals surface area contributed by atoms with Crippen LogP contribution in [0.3, 0.4) is 0 Å². The monoisotopic (exact) mass is 984 g/mol. The number of hydrogen-bond donors (Lipinski definition) is 8. The molecule has 0 spiro atoms. The van der Waals surface area contributed by atoms with Gasteiger partial charge < -0.3 is 75.3 Å². The van der Waals surface area contributed by atoms with Gasteiger partial charge in [0.05, 0.1) is 12.6 Å². The van der Waals surface area contributed by atoms with Gasteiger partial charge >= 0.3 is 0 Å². The molecule has 0 aromatic carbocycles. The number of nitrogens with two attached hydrogens (primary N) is 8. The molecule has 0 unspecified atom stereocenters. The van der Waals surface area contributed by atoms with Crippen LogP contribution in [0, 0.1) is 11.3 Å². The van der Waals surface area contributed by atoms with Gasteiger partial charge in [-0.3, -0.25) is 9.80 Å². The largest absolute Gasteiger partial charge is 0.325 e. The van der Waals surface area contributed by atoms with Gasteiger partial charge in [-0.05, 0) is 71.4 Å². The third kappa shape index (κ3) is 33.3. The van der Waals surface area contributed by atoms with Crippen LogP contribution in [-0.2, 0) is 0 Å². The minimum Gasteiger partial charge on any atom is -0.325 e. The van der Waals surface area contributed by atoms with Crippen LogP contribution in [0.1, 0.15) is 112 Å². The molecule has 8 heterocycles. The van der Waals surface area contributed by atoms with E-state index < -0.39 is 0 Å². The van der Waals surface area contributed by atoms with Crippen molar-refractivity contribution < 1.29 is 4.39 Å². The summed E-state index contributed by atoms with van der Waals surface area (Å²) < 4.78 is 11.5. The van der Waals surface area contributed by atoms with Crippen molar-refractivity contribution >= 4 is 0 Å². The molecule has 410 valence electrons. The number of likely N-dealkylation sites (N-methyl/N-ethyl adjacent to an activating group) is 1. The van der Waals surface area contributed by atoms with Crippen LogP contribution in [0.15, 0.2) is 0 Å².